The van der Waals surface area contributed by atoms with Crippen LogP contribution >= 0.6 is 0 Å². The number of benzene rings is 1. The van der Waals surface area contributed by atoms with Crippen LogP contribution in [0.3, 0.4) is 0 Å². The standard InChI is InChI=1S/C16H24O4/c1-4-20-15(18)16(2,3)14(17)10-11-19-12-13-8-6-5-7-9-13/h5-9,14,17H,4,10-12H2,1-3H3/t14-/m1/s1. The predicted octanol–water partition coefficient (Wildman–Crippen LogP) is 2.54. The fourth-order valence-corrected chi connectivity index (χ4v) is 1.77. The van der Waals surface area contributed by atoms with Crippen LogP contribution in [0.5, 0.6) is 0 Å². The lowest BCUT2D eigenvalue weighted by Gasteiger charge is -2.28. The second kappa shape index (κ2) is 8.02. The number of ether oxygens (including phenoxy) is 2. The molecule has 0 aliphatic rings. The quantitative estimate of drug-likeness (QED) is 0.587. The molecule has 112 valence electrons. The number of hydrogen-bond acceptors (Lipinski definition) is 4. The summed E-state index contributed by atoms with van der Waals surface area (Å²) in [6.45, 7) is 6.36. The van der Waals surface area contributed by atoms with Crippen molar-refractivity contribution >= 4 is 5.97 Å². The van der Waals surface area contributed by atoms with E-state index in [-0.39, 0.29) is 5.97 Å². The van der Waals surface area contributed by atoms with Crippen molar-refractivity contribution in [3.63, 3.8) is 0 Å². The summed E-state index contributed by atoms with van der Waals surface area (Å²) >= 11 is 0. The van der Waals surface area contributed by atoms with Crippen molar-refractivity contribution in [2.75, 3.05) is 13.2 Å². The van der Waals surface area contributed by atoms with Gasteiger partial charge in [0.2, 0.25) is 0 Å². The fourth-order valence-electron chi connectivity index (χ4n) is 1.77. The zero-order valence-corrected chi connectivity index (χ0v) is 12.5. The van der Waals surface area contributed by atoms with Crippen LogP contribution in [0, 0.1) is 5.41 Å². The molecule has 1 atom stereocenters. The number of aliphatic hydroxyl groups is 1. The monoisotopic (exact) mass is 280 g/mol. The van der Waals surface area contributed by atoms with E-state index in [1.807, 2.05) is 30.3 Å². The third kappa shape index (κ3) is 4.94. The van der Waals surface area contributed by atoms with Crippen molar-refractivity contribution in [3.8, 4) is 0 Å². The van der Waals surface area contributed by atoms with E-state index in [0.717, 1.165) is 5.56 Å². The van der Waals surface area contributed by atoms with Crippen LogP contribution in [0.4, 0.5) is 0 Å². The maximum atomic E-state index is 11.7. The number of carbonyl (C=O) groups is 1. The van der Waals surface area contributed by atoms with E-state index in [9.17, 15) is 9.90 Å². The van der Waals surface area contributed by atoms with Crippen molar-refractivity contribution in [2.45, 2.75) is 39.9 Å². The minimum atomic E-state index is -0.911. The fraction of sp³-hybridized carbons (Fsp3) is 0.562. The van der Waals surface area contributed by atoms with Crippen LogP contribution in [-0.2, 0) is 20.9 Å². The highest BCUT2D eigenvalue weighted by Crippen LogP contribution is 2.25. The van der Waals surface area contributed by atoms with Crippen molar-refractivity contribution in [3.05, 3.63) is 35.9 Å². The summed E-state index contributed by atoms with van der Waals surface area (Å²) < 4.78 is 10.5. The third-order valence-electron chi connectivity index (χ3n) is 3.28. The Morgan fingerprint density at radius 1 is 1.30 bits per heavy atom. The molecule has 0 heterocycles. The van der Waals surface area contributed by atoms with Crippen molar-refractivity contribution in [1.82, 2.24) is 0 Å². The highest BCUT2D eigenvalue weighted by Gasteiger charge is 2.36. The average molecular weight is 280 g/mol. The molecule has 1 rings (SSSR count). The zero-order valence-electron chi connectivity index (χ0n) is 12.5. The van der Waals surface area contributed by atoms with Gasteiger partial charge in [-0.2, -0.15) is 0 Å². The number of esters is 1. The summed E-state index contributed by atoms with van der Waals surface area (Å²) in [5, 5.41) is 10.1. The molecule has 0 aromatic heterocycles. The molecule has 4 nitrogen and oxygen atoms in total. The van der Waals surface area contributed by atoms with Gasteiger partial charge < -0.3 is 14.6 Å². The van der Waals surface area contributed by atoms with Crippen molar-refractivity contribution in [1.29, 1.82) is 0 Å². The summed E-state index contributed by atoms with van der Waals surface area (Å²) in [4.78, 5) is 11.7. The zero-order chi connectivity index (χ0) is 15.0. The number of carbonyl (C=O) groups excluding carboxylic acids is 1. The van der Waals surface area contributed by atoms with Gasteiger partial charge in [-0.3, -0.25) is 4.79 Å². The van der Waals surface area contributed by atoms with E-state index in [1.165, 1.54) is 0 Å². The second-order valence-corrected chi connectivity index (χ2v) is 5.28. The maximum Gasteiger partial charge on any atom is 0.314 e. The highest BCUT2D eigenvalue weighted by molar-refractivity contribution is 5.76. The molecular formula is C16H24O4. The van der Waals surface area contributed by atoms with Gasteiger partial charge in [0.15, 0.2) is 0 Å². The summed E-state index contributed by atoms with van der Waals surface area (Å²) in [5.41, 5.74) is 0.179. The lowest BCUT2D eigenvalue weighted by Crippen LogP contribution is -2.39. The number of hydrogen-bond donors (Lipinski definition) is 1. The summed E-state index contributed by atoms with van der Waals surface area (Å²) in [7, 11) is 0. The molecule has 1 aromatic rings. The van der Waals surface area contributed by atoms with Crippen LogP contribution in [-0.4, -0.2) is 30.4 Å². The molecule has 0 bridgehead atoms. The molecule has 0 aliphatic carbocycles. The van der Waals surface area contributed by atoms with E-state index in [0.29, 0.717) is 26.2 Å². The van der Waals surface area contributed by atoms with Crippen LogP contribution in [0.25, 0.3) is 0 Å². The molecule has 0 aliphatic heterocycles. The van der Waals surface area contributed by atoms with Crippen LogP contribution < -0.4 is 0 Å². The summed E-state index contributed by atoms with van der Waals surface area (Å²) in [6.07, 6.45) is -0.379. The Morgan fingerprint density at radius 2 is 1.95 bits per heavy atom. The molecule has 4 heteroatoms. The smallest absolute Gasteiger partial charge is 0.314 e. The lowest BCUT2D eigenvalue weighted by molar-refractivity contribution is -0.160. The van der Waals surface area contributed by atoms with E-state index in [1.54, 1.807) is 20.8 Å². The van der Waals surface area contributed by atoms with Gasteiger partial charge in [0.25, 0.3) is 0 Å². The molecule has 0 saturated heterocycles. The molecule has 0 amide bonds. The van der Waals surface area contributed by atoms with Gasteiger partial charge in [0, 0.05) is 6.61 Å². The topological polar surface area (TPSA) is 55.8 Å². The van der Waals surface area contributed by atoms with Gasteiger partial charge in [0.05, 0.1) is 24.7 Å². The van der Waals surface area contributed by atoms with Crippen LogP contribution in [0.2, 0.25) is 0 Å². The van der Waals surface area contributed by atoms with Crippen LogP contribution in [0.1, 0.15) is 32.8 Å². The highest BCUT2D eigenvalue weighted by atomic mass is 16.5. The normalized spacial score (nSPS) is 13.0. The summed E-state index contributed by atoms with van der Waals surface area (Å²) in [5.74, 6) is -0.379. The Balaban J connectivity index is 2.32. The Kier molecular flexibility index (Phi) is 6.68. The first-order chi connectivity index (χ1) is 9.48. The molecular weight excluding hydrogens is 256 g/mol. The van der Waals surface area contributed by atoms with Gasteiger partial charge in [-0.25, -0.2) is 0 Å². The van der Waals surface area contributed by atoms with Gasteiger partial charge in [0.1, 0.15) is 0 Å². The SMILES string of the molecule is CCOC(=O)C(C)(C)[C@H](O)CCOCc1ccccc1. The van der Waals surface area contributed by atoms with Gasteiger partial charge >= 0.3 is 5.97 Å². The van der Waals surface area contributed by atoms with E-state index < -0.39 is 11.5 Å². The first-order valence-electron chi connectivity index (χ1n) is 6.95. The van der Waals surface area contributed by atoms with Crippen molar-refractivity contribution in [2.24, 2.45) is 5.41 Å². The van der Waals surface area contributed by atoms with E-state index in [2.05, 4.69) is 0 Å². The molecule has 1 N–H and O–H groups in total. The third-order valence-corrected chi connectivity index (χ3v) is 3.28. The van der Waals surface area contributed by atoms with Crippen LogP contribution in [0.15, 0.2) is 30.3 Å². The Hall–Kier alpha value is -1.39. The Labute approximate surface area is 120 Å². The second-order valence-electron chi connectivity index (χ2n) is 5.28. The lowest BCUT2D eigenvalue weighted by atomic mass is 9.85. The average Bonchev–Trinajstić information content (AvgIpc) is 2.44. The first-order valence-corrected chi connectivity index (χ1v) is 6.95. The molecule has 1 aromatic carbocycles. The minimum Gasteiger partial charge on any atom is -0.466 e. The molecule has 20 heavy (non-hydrogen) atoms. The Morgan fingerprint density at radius 3 is 2.55 bits per heavy atom. The number of aliphatic hydroxyl groups excluding tert-OH is 1. The molecule has 0 radical (unpaired) electrons. The molecule has 0 saturated carbocycles. The first kappa shape index (κ1) is 16.7. The number of rotatable bonds is 8. The van der Waals surface area contributed by atoms with E-state index in [4.69, 9.17) is 9.47 Å². The largest absolute Gasteiger partial charge is 0.466 e. The van der Waals surface area contributed by atoms with Gasteiger partial charge in [-0.05, 0) is 32.8 Å². The Bertz CT molecular complexity index is 400. The molecule has 0 spiro atoms. The minimum absolute atomic E-state index is 0.319. The summed E-state index contributed by atoms with van der Waals surface area (Å²) in [6, 6.07) is 9.84. The maximum absolute atomic E-state index is 11.7. The van der Waals surface area contributed by atoms with Gasteiger partial charge in [-0.15, -0.1) is 0 Å². The van der Waals surface area contributed by atoms with Crippen molar-refractivity contribution < 1.29 is 19.4 Å². The van der Waals surface area contributed by atoms with Gasteiger partial charge in [-0.1, -0.05) is 30.3 Å². The van der Waals surface area contributed by atoms with E-state index >= 15 is 0 Å². The molecule has 0 fully saturated rings. The molecule has 0 unspecified atom stereocenters. The predicted molar refractivity (Wildman–Crippen MR) is 77.1 cm³/mol.